The molecule has 3 heterocycles. The second-order valence-electron chi connectivity index (χ2n) is 6.62. The maximum absolute atomic E-state index is 13.0. The highest BCUT2D eigenvalue weighted by Crippen LogP contribution is 2.32. The van der Waals surface area contributed by atoms with E-state index in [9.17, 15) is 4.79 Å². The van der Waals surface area contributed by atoms with Crippen LogP contribution in [0.3, 0.4) is 0 Å². The van der Waals surface area contributed by atoms with Crippen LogP contribution in [0.4, 0.5) is 0 Å². The van der Waals surface area contributed by atoms with E-state index >= 15 is 0 Å². The van der Waals surface area contributed by atoms with Gasteiger partial charge in [-0.15, -0.1) is 35.0 Å². The Morgan fingerprint density at radius 2 is 1.85 bits per heavy atom. The summed E-state index contributed by atoms with van der Waals surface area (Å²) >= 11 is 0. The first-order valence-electron chi connectivity index (χ1n) is 8.53. The van der Waals surface area contributed by atoms with Crippen LogP contribution < -0.4 is 5.73 Å². The lowest BCUT2D eigenvalue weighted by atomic mass is 9.89. The summed E-state index contributed by atoms with van der Waals surface area (Å²) in [6, 6.07) is 14.0. The number of hydrogen-bond donors (Lipinski definition) is 1. The number of carbonyl (C=O) groups excluding carboxylic acids is 1. The molecule has 144 valence electrons. The van der Waals surface area contributed by atoms with Gasteiger partial charge in [0.15, 0.2) is 5.65 Å². The number of hydrogen-bond acceptors (Lipinski definition) is 4. The van der Waals surface area contributed by atoms with Gasteiger partial charge in [0.2, 0.25) is 0 Å². The molecule has 1 aliphatic rings. The summed E-state index contributed by atoms with van der Waals surface area (Å²) in [5.74, 6) is 1.38. The largest absolute Gasteiger partial charge is 0.338 e. The van der Waals surface area contributed by atoms with E-state index in [4.69, 9.17) is 5.73 Å². The van der Waals surface area contributed by atoms with E-state index < -0.39 is 0 Å². The number of carbonyl (C=O) groups is 1. The van der Waals surface area contributed by atoms with Crippen LogP contribution in [0.25, 0.3) is 5.65 Å². The molecule has 0 spiro atoms. The van der Waals surface area contributed by atoms with Gasteiger partial charge in [0, 0.05) is 25.2 Å². The molecule has 2 N–H and O–H groups in total. The van der Waals surface area contributed by atoms with Gasteiger partial charge in [0.1, 0.15) is 5.82 Å². The van der Waals surface area contributed by atoms with Gasteiger partial charge in [-0.2, -0.15) is 0 Å². The van der Waals surface area contributed by atoms with Gasteiger partial charge in [0.05, 0.1) is 5.56 Å². The van der Waals surface area contributed by atoms with Crippen LogP contribution in [0.5, 0.6) is 0 Å². The molecule has 0 radical (unpaired) electrons. The predicted molar refractivity (Wildman–Crippen MR) is 110 cm³/mol. The van der Waals surface area contributed by atoms with Crippen molar-refractivity contribution in [2.24, 2.45) is 11.7 Å². The first-order chi connectivity index (χ1) is 12.2. The Hall–Kier alpha value is -2.15. The Balaban J connectivity index is 0.00000131. The van der Waals surface area contributed by atoms with E-state index in [1.807, 2.05) is 52.8 Å². The van der Waals surface area contributed by atoms with Crippen molar-refractivity contribution in [3.63, 3.8) is 0 Å². The zero-order valence-electron chi connectivity index (χ0n) is 15.0. The minimum atomic E-state index is 0. The number of amides is 1. The van der Waals surface area contributed by atoms with Crippen LogP contribution in [0.1, 0.15) is 27.7 Å². The van der Waals surface area contributed by atoms with Crippen molar-refractivity contribution < 1.29 is 4.79 Å². The molecule has 1 fully saturated rings. The number of aromatic nitrogens is 3. The molecule has 1 amide bonds. The van der Waals surface area contributed by atoms with Crippen LogP contribution in [0.2, 0.25) is 0 Å². The Labute approximate surface area is 170 Å². The third-order valence-electron chi connectivity index (χ3n) is 5.08. The number of nitrogens with zero attached hydrogens (tertiary/aromatic N) is 4. The summed E-state index contributed by atoms with van der Waals surface area (Å²) < 4.78 is 1.85. The number of nitrogens with two attached hydrogens (primary N) is 1. The third-order valence-corrected chi connectivity index (χ3v) is 5.08. The summed E-state index contributed by atoms with van der Waals surface area (Å²) in [5.41, 5.74) is 8.63. The van der Waals surface area contributed by atoms with Crippen molar-refractivity contribution in [1.29, 1.82) is 0 Å². The average molecular weight is 408 g/mol. The summed E-state index contributed by atoms with van der Waals surface area (Å²) in [6.45, 7) is 3.84. The highest BCUT2D eigenvalue weighted by Gasteiger charge is 2.35. The highest BCUT2D eigenvalue weighted by atomic mass is 35.5. The van der Waals surface area contributed by atoms with Crippen molar-refractivity contribution in [2.75, 3.05) is 19.6 Å². The zero-order chi connectivity index (χ0) is 17.4. The Morgan fingerprint density at radius 3 is 2.56 bits per heavy atom. The molecule has 8 heteroatoms. The topological polar surface area (TPSA) is 76.5 Å². The summed E-state index contributed by atoms with van der Waals surface area (Å²) in [7, 11) is 0. The highest BCUT2D eigenvalue weighted by molar-refractivity contribution is 5.94. The SMILES string of the molecule is Cc1nnc2ccc(C(=O)N3C[C@@H](CN)[C@H](c4ccccc4)C3)cn12.Cl.Cl. The number of benzene rings is 1. The lowest BCUT2D eigenvalue weighted by molar-refractivity contribution is 0.0786. The van der Waals surface area contributed by atoms with Gasteiger partial charge in [-0.25, -0.2) is 0 Å². The number of halogens is 2. The second kappa shape index (κ2) is 8.69. The number of fused-ring (bicyclic) bond motifs is 1. The quantitative estimate of drug-likeness (QED) is 0.723. The van der Waals surface area contributed by atoms with Gasteiger partial charge in [-0.3, -0.25) is 9.20 Å². The van der Waals surface area contributed by atoms with Crippen LogP contribution in [-0.4, -0.2) is 45.0 Å². The van der Waals surface area contributed by atoms with Crippen molar-refractivity contribution in [3.8, 4) is 0 Å². The van der Waals surface area contributed by atoms with E-state index in [0.29, 0.717) is 25.2 Å². The van der Waals surface area contributed by atoms with Gasteiger partial charge in [-0.1, -0.05) is 30.3 Å². The number of pyridine rings is 1. The molecule has 1 aromatic carbocycles. The first-order valence-corrected chi connectivity index (χ1v) is 8.53. The monoisotopic (exact) mass is 407 g/mol. The molecular weight excluding hydrogens is 385 g/mol. The van der Waals surface area contributed by atoms with E-state index in [2.05, 4.69) is 22.3 Å². The van der Waals surface area contributed by atoms with Crippen LogP contribution in [0, 0.1) is 12.8 Å². The molecule has 0 unspecified atom stereocenters. The van der Waals surface area contributed by atoms with Gasteiger partial charge >= 0.3 is 0 Å². The van der Waals surface area contributed by atoms with E-state index in [1.165, 1.54) is 5.56 Å². The molecule has 3 aromatic rings. The van der Waals surface area contributed by atoms with Crippen molar-refractivity contribution in [3.05, 3.63) is 65.6 Å². The fraction of sp³-hybridized carbons (Fsp3) is 0.316. The normalized spacial score (nSPS) is 18.8. The van der Waals surface area contributed by atoms with Gasteiger partial charge in [-0.05, 0) is 37.1 Å². The number of rotatable bonds is 3. The molecule has 0 saturated carbocycles. The number of aryl methyl sites for hydroxylation is 1. The molecule has 6 nitrogen and oxygen atoms in total. The average Bonchev–Trinajstić information content (AvgIpc) is 3.25. The molecule has 0 bridgehead atoms. The van der Waals surface area contributed by atoms with Gasteiger partial charge in [0.25, 0.3) is 5.91 Å². The van der Waals surface area contributed by atoms with Crippen LogP contribution in [-0.2, 0) is 0 Å². The number of likely N-dealkylation sites (tertiary alicyclic amines) is 1. The Morgan fingerprint density at radius 1 is 1.11 bits per heavy atom. The minimum absolute atomic E-state index is 0. The molecule has 4 rings (SSSR count). The summed E-state index contributed by atoms with van der Waals surface area (Å²) in [5, 5.41) is 8.11. The molecule has 2 atom stereocenters. The Bertz CT molecular complexity index is 915. The van der Waals surface area contributed by atoms with Crippen molar-refractivity contribution in [1.82, 2.24) is 19.5 Å². The molecule has 1 aliphatic heterocycles. The van der Waals surface area contributed by atoms with Crippen LogP contribution in [0.15, 0.2) is 48.7 Å². The molecule has 27 heavy (non-hydrogen) atoms. The van der Waals surface area contributed by atoms with E-state index in [-0.39, 0.29) is 42.6 Å². The fourth-order valence-electron chi connectivity index (χ4n) is 3.67. The second-order valence-corrected chi connectivity index (χ2v) is 6.62. The third kappa shape index (κ3) is 3.93. The lowest BCUT2D eigenvalue weighted by Gasteiger charge is -2.17. The van der Waals surface area contributed by atoms with Crippen molar-refractivity contribution >= 4 is 36.4 Å². The molecule has 2 aromatic heterocycles. The zero-order valence-corrected chi connectivity index (χ0v) is 16.6. The maximum Gasteiger partial charge on any atom is 0.255 e. The van der Waals surface area contributed by atoms with E-state index in [0.717, 1.165) is 11.5 Å². The van der Waals surface area contributed by atoms with Gasteiger partial charge < -0.3 is 10.6 Å². The summed E-state index contributed by atoms with van der Waals surface area (Å²) in [6.07, 6.45) is 1.82. The minimum Gasteiger partial charge on any atom is -0.338 e. The smallest absolute Gasteiger partial charge is 0.255 e. The molecule has 1 saturated heterocycles. The standard InChI is InChI=1S/C19H21N5O.2ClH/c1-13-21-22-18-8-7-15(11-24(13)18)19(25)23-10-16(9-20)17(12-23)14-5-3-2-4-6-14;;/h2-8,11,16-17H,9-10,12,20H2,1H3;2*1H/t16-,17+;;/m1../s1. The predicted octanol–water partition coefficient (Wildman–Crippen LogP) is 2.70. The van der Waals surface area contributed by atoms with E-state index in [1.54, 1.807) is 0 Å². The van der Waals surface area contributed by atoms with Crippen LogP contribution >= 0.6 is 24.8 Å². The Kier molecular flexibility index (Phi) is 6.81. The molecule has 0 aliphatic carbocycles. The maximum atomic E-state index is 13.0. The molecular formula is C19H23Cl2N5O. The summed E-state index contributed by atoms with van der Waals surface area (Å²) in [4.78, 5) is 14.9. The first kappa shape index (κ1) is 21.2. The fourth-order valence-corrected chi connectivity index (χ4v) is 3.67. The van der Waals surface area contributed by atoms with Crippen molar-refractivity contribution in [2.45, 2.75) is 12.8 Å². The lowest BCUT2D eigenvalue weighted by Crippen LogP contribution is -2.30.